The number of nitrogens with zero attached hydrogens (tertiary/aromatic N) is 6. The zero-order valence-corrected chi connectivity index (χ0v) is 15.1. The van der Waals surface area contributed by atoms with E-state index in [1.807, 2.05) is 50.2 Å². The zero-order chi connectivity index (χ0) is 18.6. The summed E-state index contributed by atoms with van der Waals surface area (Å²) in [6, 6.07) is 11.8. The predicted molar refractivity (Wildman–Crippen MR) is 100 cm³/mol. The van der Waals surface area contributed by atoms with E-state index in [1.165, 1.54) is 6.33 Å². The molecule has 8 heteroatoms. The summed E-state index contributed by atoms with van der Waals surface area (Å²) in [4.78, 5) is 12.8. The summed E-state index contributed by atoms with van der Waals surface area (Å²) in [5, 5.41) is 11.5. The minimum absolute atomic E-state index is 0.224. The Morgan fingerprint density at radius 3 is 2.74 bits per heavy atom. The third kappa shape index (κ3) is 3.69. The Hall–Kier alpha value is -3.55. The average Bonchev–Trinajstić information content (AvgIpc) is 3.39. The lowest BCUT2D eigenvalue weighted by atomic mass is 10.2. The fraction of sp³-hybridized carbons (Fsp3) is 0.211. The molecule has 0 atom stereocenters. The van der Waals surface area contributed by atoms with Crippen molar-refractivity contribution >= 4 is 5.82 Å². The first-order chi connectivity index (χ1) is 13.2. The second kappa shape index (κ2) is 7.36. The molecule has 3 heterocycles. The van der Waals surface area contributed by atoms with Gasteiger partial charge in [0.2, 0.25) is 0 Å². The number of benzene rings is 1. The van der Waals surface area contributed by atoms with Crippen LogP contribution in [0.2, 0.25) is 0 Å². The Kier molecular flexibility index (Phi) is 4.61. The highest BCUT2D eigenvalue weighted by Gasteiger charge is 2.12. The lowest BCUT2D eigenvalue weighted by molar-refractivity contribution is 0.419. The van der Waals surface area contributed by atoms with Gasteiger partial charge in [-0.2, -0.15) is 10.1 Å². The lowest BCUT2D eigenvalue weighted by Crippen LogP contribution is -2.06. The molecule has 0 bridgehead atoms. The van der Waals surface area contributed by atoms with Gasteiger partial charge in [0, 0.05) is 18.7 Å². The summed E-state index contributed by atoms with van der Waals surface area (Å²) < 4.78 is 7.05. The Morgan fingerprint density at radius 1 is 1.15 bits per heavy atom. The van der Waals surface area contributed by atoms with E-state index in [2.05, 4.69) is 30.5 Å². The largest absolute Gasteiger partial charge is 0.366 e. The van der Waals surface area contributed by atoms with E-state index in [1.54, 1.807) is 17.2 Å². The zero-order valence-electron chi connectivity index (χ0n) is 15.1. The molecule has 3 aromatic heterocycles. The molecule has 0 spiro atoms. The molecular weight excluding hydrogens is 342 g/mol. The van der Waals surface area contributed by atoms with Crippen molar-refractivity contribution in [1.82, 2.24) is 29.9 Å². The van der Waals surface area contributed by atoms with Crippen molar-refractivity contribution in [1.29, 1.82) is 0 Å². The summed E-state index contributed by atoms with van der Waals surface area (Å²) in [5.74, 6) is 2.16. The van der Waals surface area contributed by atoms with E-state index < -0.39 is 0 Å². The molecule has 0 aliphatic heterocycles. The normalized spacial score (nSPS) is 11.1. The number of aromatic nitrogens is 6. The molecule has 0 aliphatic carbocycles. The molecule has 27 heavy (non-hydrogen) atoms. The van der Waals surface area contributed by atoms with Gasteiger partial charge in [0.25, 0.3) is 5.89 Å². The van der Waals surface area contributed by atoms with Gasteiger partial charge >= 0.3 is 0 Å². The van der Waals surface area contributed by atoms with Gasteiger partial charge in [-0.05, 0) is 23.8 Å². The molecule has 1 aromatic carbocycles. The fourth-order valence-electron chi connectivity index (χ4n) is 2.61. The van der Waals surface area contributed by atoms with Crippen LogP contribution in [-0.4, -0.2) is 29.9 Å². The highest BCUT2D eigenvalue weighted by atomic mass is 16.5. The second-order valence-corrected chi connectivity index (χ2v) is 6.37. The van der Waals surface area contributed by atoms with E-state index >= 15 is 0 Å². The van der Waals surface area contributed by atoms with Gasteiger partial charge in [-0.25, -0.2) is 14.6 Å². The van der Waals surface area contributed by atoms with Crippen LogP contribution in [-0.2, 0) is 6.54 Å². The van der Waals surface area contributed by atoms with Crippen molar-refractivity contribution in [2.75, 3.05) is 5.32 Å². The van der Waals surface area contributed by atoms with Crippen LogP contribution in [0.15, 0.2) is 59.8 Å². The molecule has 0 amide bonds. The smallest absolute Gasteiger partial charge is 0.259 e. The first kappa shape index (κ1) is 16.9. The quantitative estimate of drug-likeness (QED) is 0.562. The van der Waals surface area contributed by atoms with E-state index in [0.717, 1.165) is 22.6 Å². The van der Waals surface area contributed by atoms with E-state index in [9.17, 15) is 0 Å². The monoisotopic (exact) mass is 361 g/mol. The first-order valence-corrected chi connectivity index (χ1v) is 8.67. The number of hydrogen-bond acceptors (Lipinski definition) is 7. The van der Waals surface area contributed by atoms with Gasteiger partial charge in [0.15, 0.2) is 5.82 Å². The van der Waals surface area contributed by atoms with Crippen molar-refractivity contribution in [3.05, 3.63) is 66.6 Å². The molecule has 8 nitrogen and oxygen atoms in total. The van der Waals surface area contributed by atoms with Crippen LogP contribution in [0.3, 0.4) is 0 Å². The van der Waals surface area contributed by atoms with Crippen molar-refractivity contribution in [3.8, 4) is 17.1 Å². The van der Waals surface area contributed by atoms with Crippen molar-refractivity contribution in [3.63, 3.8) is 0 Å². The summed E-state index contributed by atoms with van der Waals surface area (Å²) >= 11 is 0. The van der Waals surface area contributed by atoms with Gasteiger partial charge in [-0.15, -0.1) is 0 Å². The standard InChI is InChI=1S/C19H19N7O/c1-13(2)18-24-19(27-25-18)15-7-8-17(22-10-15)21-9-14-5-3-4-6-16(14)26-12-20-11-23-26/h3-8,10-13H,9H2,1-2H3,(H,21,22). The van der Waals surface area contributed by atoms with Gasteiger partial charge in [-0.1, -0.05) is 37.2 Å². The van der Waals surface area contributed by atoms with Crippen LogP contribution in [0.1, 0.15) is 31.2 Å². The van der Waals surface area contributed by atoms with Crippen LogP contribution < -0.4 is 5.32 Å². The Balaban J connectivity index is 1.47. The van der Waals surface area contributed by atoms with Crippen LogP contribution in [0, 0.1) is 0 Å². The average molecular weight is 361 g/mol. The summed E-state index contributed by atoms with van der Waals surface area (Å²) in [6.07, 6.45) is 4.93. The molecule has 4 aromatic rings. The Morgan fingerprint density at radius 2 is 2.04 bits per heavy atom. The minimum atomic E-state index is 0.224. The molecule has 1 N–H and O–H groups in total. The molecule has 0 fully saturated rings. The molecule has 0 saturated heterocycles. The highest BCUT2D eigenvalue weighted by Crippen LogP contribution is 2.21. The van der Waals surface area contributed by atoms with Crippen LogP contribution >= 0.6 is 0 Å². The molecule has 0 saturated carbocycles. The number of hydrogen-bond donors (Lipinski definition) is 1. The van der Waals surface area contributed by atoms with Gasteiger partial charge in [0.05, 0.1) is 11.3 Å². The number of para-hydroxylation sites is 1. The SMILES string of the molecule is CC(C)c1noc(-c2ccc(NCc3ccccc3-n3cncn3)nc2)n1. The van der Waals surface area contributed by atoms with Crippen molar-refractivity contribution in [2.24, 2.45) is 0 Å². The Labute approximate surface area is 156 Å². The van der Waals surface area contributed by atoms with Gasteiger partial charge in [0.1, 0.15) is 18.5 Å². The number of nitrogens with one attached hydrogen (secondary N) is 1. The van der Waals surface area contributed by atoms with Crippen molar-refractivity contribution < 1.29 is 4.52 Å². The maximum Gasteiger partial charge on any atom is 0.259 e. The molecule has 0 unspecified atom stereocenters. The third-order valence-corrected chi connectivity index (χ3v) is 4.09. The topological polar surface area (TPSA) is 94.6 Å². The first-order valence-electron chi connectivity index (χ1n) is 8.67. The molecule has 136 valence electrons. The van der Waals surface area contributed by atoms with E-state index in [-0.39, 0.29) is 5.92 Å². The third-order valence-electron chi connectivity index (χ3n) is 4.09. The van der Waals surface area contributed by atoms with Gasteiger partial charge in [-0.3, -0.25) is 0 Å². The molecule has 0 aliphatic rings. The summed E-state index contributed by atoms with van der Waals surface area (Å²) in [5.41, 5.74) is 2.86. The highest BCUT2D eigenvalue weighted by molar-refractivity contribution is 5.54. The van der Waals surface area contributed by atoms with Crippen LogP contribution in [0.4, 0.5) is 5.82 Å². The summed E-state index contributed by atoms with van der Waals surface area (Å²) in [7, 11) is 0. The number of pyridine rings is 1. The minimum Gasteiger partial charge on any atom is -0.366 e. The fourth-order valence-corrected chi connectivity index (χ4v) is 2.61. The number of anilines is 1. The molecule has 4 rings (SSSR count). The Bertz CT molecular complexity index is 1010. The molecular formula is C19H19N7O. The van der Waals surface area contributed by atoms with Crippen LogP contribution in [0.25, 0.3) is 17.1 Å². The van der Waals surface area contributed by atoms with Crippen molar-refractivity contribution in [2.45, 2.75) is 26.3 Å². The van der Waals surface area contributed by atoms with E-state index in [4.69, 9.17) is 4.52 Å². The number of rotatable bonds is 6. The van der Waals surface area contributed by atoms with Gasteiger partial charge < -0.3 is 9.84 Å². The second-order valence-electron chi connectivity index (χ2n) is 6.37. The maximum atomic E-state index is 5.30. The predicted octanol–water partition coefficient (Wildman–Crippen LogP) is 3.45. The van der Waals surface area contributed by atoms with E-state index in [0.29, 0.717) is 18.3 Å². The lowest BCUT2D eigenvalue weighted by Gasteiger charge is -2.10. The van der Waals surface area contributed by atoms with Crippen LogP contribution in [0.5, 0.6) is 0 Å². The molecule has 0 radical (unpaired) electrons. The summed E-state index contributed by atoms with van der Waals surface area (Å²) in [6.45, 7) is 4.66. The maximum absolute atomic E-state index is 5.30.